The number of ether oxygens (including phenoxy) is 1. The van der Waals surface area contributed by atoms with E-state index in [0.29, 0.717) is 0 Å². The van der Waals surface area contributed by atoms with Crippen LogP contribution in [-0.2, 0) is 7.05 Å². The van der Waals surface area contributed by atoms with Gasteiger partial charge in [0.15, 0.2) is 5.75 Å². The largest absolute Gasteiger partial charge is 0.493 e. The van der Waals surface area contributed by atoms with E-state index >= 15 is 0 Å². The summed E-state index contributed by atoms with van der Waals surface area (Å²) in [4.78, 5) is 0. The highest BCUT2D eigenvalue weighted by Gasteiger charge is 2.27. The first-order valence-corrected chi connectivity index (χ1v) is 4.69. The van der Waals surface area contributed by atoms with Gasteiger partial charge in [-0.05, 0) is 5.41 Å². The van der Waals surface area contributed by atoms with Gasteiger partial charge in [-0.3, -0.25) is 4.68 Å². The van der Waals surface area contributed by atoms with Crippen molar-refractivity contribution in [1.82, 2.24) is 9.78 Å². The third-order valence-electron chi connectivity index (χ3n) is 2.27. The molecule has 1 rings (SSSR count). The first-order valence-electron chi connectivity index (χ1n) is 4.69. The maximum Gasteiger partial charge on any atom is 0.161 e. The van der Waals surface area contributed by atoms with Crippen molar-refractivity contribution in [3.8, 4) is 5.75 Å². The van der Waals surface area contributed by atoms with Crippen LogP contribution in [0.25, 0.3) is 0 Å². The van der Waals surface area contributed by atoms with Gasteiger partial charge in [-0.2, -0.15) is 5.10 Å². The van der Waals surface area contributed by atoms with Crippen molar-refractivity contribution in [2.24, 2.45) is 18.2 Å². The number of hydrogen-bond acceptors (Lipinski definition) is 3. The van der Waals surface area contributed by atoms with Crippen LogP contribution in [-0.4, -0.2) is 16.9 Å². The lowest BCUT2D eigenvalue weighted by atomic mass is 9.85. The molecule has 0 aliphatic carbocycles. The summed E-state index contributed by atoms with van der Waals surface area (Å²) in [6.07, 6.45) is 1.83. The molecular formula is C10H19N3O. The van der Waals surface area contributed by atoms with E-state index in [9.17, 15) is 0 Å². The lowest BCUT2D eigenvalue weighted by Crippen LogP contribution is -2.27. The molecule has 0 aliphatic heterocycles. The Labute approximate surface area is 85.0 Å². The summed E-state index contributed by atoms with van der Waals surface area (Å²) in [5.74, 6) is 0.759. The molecular weight excluding hydrogens is 178 g/mol. The van der Waals surface area contributed by atoms with Gasteiger partial charge >= 0.3 is 0 Å². The zero-order chi connectivity index (χ0) is 10.9. The van der Waals surface area contributed by atoms with Crippen LogP contribution in [0.3, 0.4) is 0 Å². The minimum Gasteiger partial charge on any atom is -0.493 e. The van der Waals surface area contributed by atoms with Crippen LogP contribution in [0.4, 0.5) is 0 Å². The highest BCUT2D eigenvalue weighted by Crippen LogP contribution is 2.34. The molecule has 0 saturated heterocycles. The Morgan fingerprint density at radius 2 is 2.07 bits per heavy atom. The Morgan fingerprint density at radius 3 is 2.50 bits per heavy atom. The van der Waals surface area contributed by atoms with Gasteiger partial charge in [-0.15, -0.1) is 0 Å². The third kappa shape index (κ3) is 2.07. The molecule has 1 heterocycles. The molecule has 1 aromatic heterocycles. The second-order valence-corrected chi connectivity index (χ2v) is 4.60. The van der Waals surface area contributed by atoms with Gasteiger partial charge in [0, 0.05) is 7.05 Å². The van der Waals surface area contributed by atoms with Crippen molar-refractivity contribution in [1.29, 1.82) is 0 Å². The molecule has 1 atom stereocenters. The minimum absolute atomic E-state index is 0.0123. The summed E-state index contributed by atoms with van der Waals surface area (Å²) in [7, 11) is 3.50. The monoisotopic (exact) mass is 197 g/mol. The second kappa shape index (κ2) is 3.61. The molecule has 14 heavy (non-hydrogen) atoms. The quantitative estimate of drug-likeness (QED) is 0.781. The molecule has 0 saturated carbocycles. The van der Waals surface area contributed by atoms with Crippen LogP contribution < -0.4 is 10.5 Å². The summed E-state index contributed by atoms with van der Waals surface area (Å²) in [6, 6.07) is -0.112. The van der Waals surface area contributed by atoms with E-state index < -0.39 is 0 Å². The molecule has 0 fully saturated rings. The Kier molecular flexibility index (Phi) is 2.85. The molecule has 0 spiro atoms. The van der Waals surface area contributed by atoms with Crippen molar-refractivity contribution in [3.63, 3.8) is 0 Å². The van der Waals surface area contributed by atoms with Gasteiger partial charge in [-0.25, -0.2) is 0 Å². The number of nitrogens with two attached hydrogens (primary N) is 1. The van der Waals surface area contributed by atoms with E-state index in [1.807, 2.05) is 13.2 Å². The van der Waals surface area contributed by atoms with Crippen molar-refractivity contribution in [3.05, 3.63) is 11.9 Å². The summed E-state index contributed by atoms with van der Waals surface area (Å²) in [5.41, 5.74) is 6.92. The zero-order valence-corrected chi connectivity index (χ0v) is 9.53. The molecule has 4 heteroatoms. The van der Waals surface area contributed by atoms with Gasteiger partial charge in [0.05, 0.1) is 19.3 Å². The van der Waals surface area contributed by atoms with Crippen molar-refractivity contribution in [2.75, 3.05) is 7.11 Å². The van der Waals surface area contributed by atoms with E-state index in [4.69, 9.17) is 10.5 Å². The fraction of sp³-hybridized carbons (Fsp3) is 0.700. The Balaban J connectivity index is 3.05. The molecule has 0 aliphatic rings. The molecule has 0 bridgehead atoms. The van der Waals surface area contributed by atoms with Crippen LogP contribution in [0, 0.1) is 5.41 Å². The standard InChI is InChI=1S/C10H19N3O/c1-10(2,3)9(11)8-7(14-5)6-13(4)12-8/h6,9H,11H2,1-5H3. The summed E-state index contributed by atoms with van der Waals surface area (Å²) >= 11 is 0. The second-order valence-electron chi connectivity index (χ2n) is 4.60. The van der Waals surface area contributed by atoms with Crippen LogP contribution >= 0.6 is 0 Å². The number of rotatable bonds is 2. The lowest BCUT2D eigenvalue weighted by Gasteiger charge is -2.25. The molecule has 4 nitrogen and oxygen atoms in total. The first-order chi connectivity index (χ1) is 6.36. The van der Waals surface area contributed by atoms with Crippen LogP contribution in [0.2, 0.25) is 0 Å². The molecule has 2 N–H and O–H groups in total. The van der Waals surface area contributed by atoms with Crippen LogP contribution in [0.5, 0.6) is 5.75 Å². The predicted molar refractivity (Wildman–Crippen MR) is 56.1 cm³/mol. The van der Waals surface area contributed by atoms with E-state index in [0.717, 1.165) is 11.4 Å². The smallest absolute Gasteiger partial charge is 0.161 e. The first kappa shape index (κ1) is 11.0. The van der Waals surface area contributed by atoms with E-state index in [-0.39, 0.29) is 11.5 Å². The molecule has 80 valence electrons. The topological polar surface area (TPSA) is 53.1 Å². The van der Waals surface area contributed by atoms with E-state index in [1.165, 1.54) is 0 Å². The minimum atomic E-state index is -0.112. The van der Waals surface area contributed by atoms with Gasteiger partial charge < -0.3 is 10.5 Å². The van der Waals surface area contributed by atoms with Crippen molar-refractivity contribution >= 4 is 0 Å². The Morgan fingerprint density at radius 1 is 1.50 bits per heavy atom. The summed E-state index contributed by atoms with van der Waals surface area (Å²) in [6.45, 7) is 6.27. The average Bonchev–Trinajstić information content (AvgIpc) is 2.43. The van der Waals surface area contributed by atoms with Crippen molar-refractivity contribution in [2.45, 2.75) is 26.8 Å². The van der Waals surface area contributed by atoms with Crippen LogP contribution in [0.1, 0.15) is 32.5 Å². The average molecular weight is 197 g/mol. The molecule has 1 aromatic rings. The molecule has 0 aromatic carbocycles. The number of aromatic nitrogens is 2. The SMILES string of the molecule is COc1cn(C)nc1C(N)C(C)(C)C. The van der Waals surface area contributed by atoms with E-state index in [2.05, 4.69) is 25.9 Å². The third-order valence-corrected chi connectivity index (χ3v) is 2.27. The number of hydrogen-bond donors (Lipinski definition) is 1. The maximum absolute atomic E-state index is 6.11. The summed E-state index contributed by atoms with van der Waals surface area (Å²) in [5, 5.41) is 4.31. The number of aryl methyl sites for hydroxylation is 1. The van der Waals surface area contributed by atoms with Gasteiger partial charge in [0.1, 0.15) is 5.69 Å². The molecule has 0 amide bonds. The van der Waals surface area contributed by atoms with Crippen molar-refractivity contribution < 1.29 is 4.74 Å². The fourth-order valence-electron chi connectivity index (χ4n) is 1.27. The fourth-order valence-corrected chi connectivity index (χ4v) is 1.27. The number of methoxy groups -OCH3 is 1. The highest BCUT2D eigenvalue weighted by molar-refractivity contribution is 5.28. The predicted octanol–water partition coefficient (Wildman–Crippen LogP) is 1.47. The summed E-state index contributed by atoms with van der Waals surface area (Å²) < 4.78 is 6.94. The molecule has 0 radical (unpaired) electrons. The highest BCUT2D eigenvalue weighted by atomic mass is 16.5. The Hall–Kier alpha value is -1.03. The van der Waals surface area contributed by atoms with Gasteiger partial charge in [0.25, 0.3) is 0 Å². The van der Waals surface area contributed by atoms with Gasteiger partial charge in [-0.1, -0.05) is 20.8 Å². The number of nitrogens with zero attached hydrogens (tertiary/aromatic N) is 2. The van der Waals surface area contributed by atoms with Gasteiger partial charge in [0.2, 0.25) is 0 Å². The normalized spacial score (nSPS) is 14.1. The van der Waals surface area contributed by atoms with Crippen LogP contribution in [0.15, 0.2) is 6.20 Å². The Bertz CT molecular complexity index is 312. The molecule has 1 unspecified atom stereocenters. The lowest BCUT2D eigenvalue weighted by molar-refractivity contribution is 0.308. The van der Waals surface area contributed by atoms with E-state index in [1.54, 1.807) is 11.8 Å². The maximum atomic E-state index is 6.11. The zero-order valence-electron chi connectivity index (χ0n) is 9.53.